The number of fused-ring (bicyclic) bond motifs is 1. The van der Waals surface area contributed by atoms with E-state index in [0.29, 0.717) is 16.9 Å². The lowest BCUT2D eigenvalue weighted by atomic mass is 9.92. The highest BCUT2D eigenvalue weighted by molar-refractivity contribution is 7.80. The maximum Gasteiger partial charge on any atom is 0.122 e. The van der Waals surface area contributed by atoms with Gasteiger partial charge in [-0.2, -0.15) is 0 Å². The number of benzene rings is 1. The lowest BCUT2D eigenvalue weighted by Crippen LogP contribution is -2.42. The quantitative estimate of drug-likeness (QED) is 0.849. The van der Waals surface area contributed by atoms with E-state index in [9.17, 15) is 0 Å². The van der Waals surface area contributed by atoms with Crippen LogP contribution in [0.15, 0.2) is 24.3 Å². The summed E-state index contributed by atoms with van der Waals surface area (Å²) in [6.07, 6.45) is 6.32. The van der Waals surface area contributed by atoms with E-state index < -0.39 is 0 Å². The molecule has 3 nitrogen and oxygen atoms in total. The molecule has 2 aliphatic rings. The number of ether oxygens (including phenoxy) is 1. The summed E-state index contributed by atoms with van der Waals surface area (Å²) in [5, 5.41) is 0. The molecule has 4 heteroatoms. The van der Waals surface area contributed by atoms with Crippen molar-refractivity contribution in [2.45, 2.75) is 44.1 Å². The van der Waals surface area contributed by atoms with Crippen molar-refractivity contribution < 1.29 is 4.74 Å². The Hall–Kier alpha value is -1.13. The predicted octanol–water partition coefficient (Wildman–Crippen LogP) is 3.08. The summed E-state index contributed by atoms with van der Waals surface area (Å²) >= 11 is 5.16. The molecule has 1 aliphatic heterocycles. The third-order valence-electron chi connectivity index (χ3n) is 4.74. The smallest absolute Gasteiger partial charge is 0.122 e. The van der Waals surface area contributed by atoms with E-state index in [4.69, 9.17) is 22.7 Å². The van der Waals surface area contributed by atoms with Gasteiger partial charge in [0.1, 0.15) is 5.75 Å². The maximum absolute atomic E-state index is 5.83. The van der Waals surface area contributed by atoms with Crippen LogP contribution in [0.1, 0.15) is 43.6 Å². The average Bonchev–Trinajstić information content (AvgIpc) is 3.01. The molecule has 1 aliphatic carbocycles. The van der Waals surface area contributed by atoms with Gasteiger partial charge in [-0.3, -0.25) is 4.90 Å². The van der Waals surface area contributed by atoms with Gasteiger partial charge in [-0.25, -0.2) is 0 Å². The van der Waals surface area contributed by atoms with Gasteiger partial charge in [0.2, 0.25) is 0 Å². The number of para-hydroxylation sites is 1. The zero-order chi connectivity index (χ0) is 14.7. The van der Waals surface area contributed by atoms with Gasteiger partial charge >= 0.3 is 0 Å². The Kier molecular flexibility index (Phi) is 4.76. The zero-order valence-corrected chi connectivity index (χ0v) is 13.3. The fourth-order valence-electron chi connectivity index (χ4n) is 3.70. The first-order chi connectivity index (χ1) is 10.2. The minimum absolute atomic E-state index is 0.532. The fourth-order valence-corrected chi connectivity index (χ4v) is 3.87. The molecule has 2 N–H and O–H groups in total. The van der Waals surface area contributed by atoms with Crippen molar-refractivity contribution in [1.29, 1.82) is 0 Å². The Balaban J connectivity index is 1.75. The highest BCUT2D eigenvalue weighted by Crippen LogP contribution is 2.35. The van der Waals surface area contributed by atoms with Crippen LogP contribution in [-0.4, -0.2) is 35.6 Å². The van der Waals surface area contributed by atoms with E-state index in [1.807, 2.05) is 6.07 Å². The highest BCUT2D eigenvalue weighted by atomic mass is 32.1. The largest absolute Gasteiger partial charge is 0.493 e. The van der Waals surface area contributed by atoms with Gasteiger partial charge in [0.05, 0.1) is 11.6 Å². The molecule has 0 saturated heterocycles. The molecular weight excluding hydrogens is 280 g/mol. The minimum atomic E-state index is 0.532. The third kappa shape index (κ3) is 3.55. The van der Waals surface area contributed by atoms with Crippen molar-refractivity contribution in [3.05, 3.63) is 29.8 Å². The molecule has 1 unspecified atom stereocenters. The SMILES string of the molecule is NC(=S)CN(CC1CCOc2ccccc21)C1CCCC1. The molecule has 0 amide bonds. The van der Waals surface area contributed by atoms with Crippen LogP contribution in [0, 0.1) is 0 Å². The van der Waals surface area contributed by atoms with Gasteiger partial charge in [-0.05, 0) is 30.9 Å². The summed E-state index contributed by atoms with van der Waals surface area (Å²) in [6, 6.07) is 9.09. The van der Waals surface area contributed by atoms with Gasteiger partial charge in [-0.15, -0.1) is 0 Å². The summed E-state index contributed by atoms with van der Waals surface area (Å²) in [7, 11) is 0. The van der Waals surface area contributed by atoms with E-state index in [1.54, 1.807) is 0 Å². The van der Waals surface area contributed by atoms with Gasteiger partial charge in [0.15, 0.2) is 0 Å². The van der Waals surface area contributed by atoms with Crippen molar-refractivity contribution in [2.75, 3.05) is 19.7 Å². The van der Waals surface area contributed by atoms with Crippen LogP contribution in [0.5, 0.6) is 5.75 Å². The van der Waals surface area contributed by atoms with Gasteiger partial charge < -0.3 is 10.5 Å². The predicted molar refractivity (Wildman–Crippen MR) is 89.9 cm³/mol. The number of rotatable bonds is 5. The number of thiocarbonyl (C=S) groups is 1. The molecule has 1 heterocycles. The molecule has 0 aromatic heterocycles. The van der Waals surface area contributed by atoms with Crippen LogP contribution in [0.2, 0.25) is 0 Å². The van der Waals surface area contributed by atoms with Crippen molar-refractivity contribution in [2.24, 2.45) is 5.73 Å². The Morgan fingerprint density at radius 3 is 2.76 bits per heavy atom. The maximum atomic E-state index is 5.83. The second-order valence-corrected chi connectivity index (χ2v) is 6.73. The normalized spacial score (nSPS) is 22.0. The average molecular weight is 304 g/mol. The van der Waals surface area contributed by atoms with E-state index >= 15 is 0 Å². The minimum Gasteiger partial charge on any atom is -0.493 e. The number of hydrogen-bond donors (Lipinski definition) is 1. The van der Waals surface area contributed by atoms with Gasteiger partial charge in [0.25, 0.3) is 0 Å². The second kappa shape index (κ2) is 6.75. The van der Waals surface area contributed by atoms with Crippen LogP contribution in [-0.2, 0) is 0 Å². The first-order valence-corrected chi connectivity index (χ1v) is 8.39. The molecule has 1 fully saturated rings. The third-order valence-corrected chi connectivity index (χ3v) is 4.87. The Morgan fingerprint density at radius 2 is 2.00 bits per heavy atom. The van der Waals surface area contributed by atoms with Crippen molar-refractivity contribution in [3.8, 4) is 5.75 Å². The zero-order valence-electron chi connectivity index (χ0n) is 12.5. The summed E-state index contributed by atoms with van der Waals surface area (Å²) in [4.78, 5) is 3.13. The lowest BCUT2D eigenvalue weighted by Gasteiger charge is -2.34. The topological polar surface area (TPSA) is 38.5 Å². The molecule has 3 rings (SSSR count). The molecule has 21 heavy (non-hydrogen) atoms. The number of hydrogen-bond acceptors (Lipinski definition) is 3. The molecular formula is C17H24N2OS. The lowest BCUT2D eigenvalue weighted by molar-refractivity contribution is 0.185. The van der Waals surface area contributed by atoms with E-state index in [0.717, 1.165) is 31.9 Å². The second-order valence-electron chi connectivity index (χ2n) is 6.21. The number of nitrogens with two attached hydrogens (primary N) is 1. The fraction of sp³-hybridized carbons (Fsp3) is 0.588. The van der Waals surface area contributed by atoms with Crippen LogP contribution >= 0.6 is 12.2 Å². The molecule has 1 atom stereocenters. The van der Waals surface area contributed by atoms with Crippen molar-refractivity contribution in [1.82, 2.24) is 4.90 Å². The summed E-state index contributed by atoms with van der Waals surface area (Å²) < 4.78 is 5.77. The molecule has 114 valence electrons. The molecule has 0 bridgehead atoms. The van der Waals surface area contributed by atoms with E-state index in [1.165, 1.54) is 31.2 Å². The number of nitrogens with zero attached hydrogens (tertiary/aromatic N) is 1. The highest BCUT2D eigenvalue weighted by Gasteiger charge is 2.28. The Labute approximate surface area is 132 Å². The van der Waals surface area contributed by atoms with Crippen molar-refractivity contribution in [3.63, 3.8) is 0 Å². The van der Waals surface area contributed by atoms with Gasteiger partial charge in [-0.1, -0.05) is 43.3 Å². The van der Waals surface area contributed by atoms with Crippen LogP contribution in [0.3, 0.4) is 0 Å². The van der Waals surface area contributed by atoms with Crippen LogP contribution in [0.25, 0.3) is 0 Å². The summed E-state index contributed by atoms with van der Waals surface area (Å²) in [6.45, 7) is 2.61. The van der Waals surface area contributed by atoms with Crippen molar-refractivity contribution >= 4 is 17.2 Å². The monoisotopic (exact) mass is 304 g/mol. The van der Waals surface area contributed by atoms with E-state index in [2.05, 4.69) is 23.1 Å². The Bertz CT molecular complexity index is 499. The van der Waals surface area contributed by atoms with E-state index in [-0.39, 0.29) is 0 Å². The first-order valence-electron chi connectivity index (χ1n) is 7.98. The molecule has 1 saturated carbocycles. The summed E-state index contributed by atoms with van der Waals surface area (Å²) in [5.41, 5.74) is 7.17. The molecule has 1 aromatic carbocycles. The van der Waals surface area contributed by atoms with Crippen LogP contribution < -0.4 is 10.5 Å². The molecule has 1 aromatic rings. The van der Waals surface area contributed by atoms with Crippen LogP contribution in [0.4, 0.5) is 0 Å². The first kappa shape index (κ1) is 14.8. The van der Waals surface area contributed by atoms with Gasteiger partial charge in [0, 0.05) is 25.0 Å². The summed E-state index contributed by atoms with van der Waals surface area (Å²) in [5.74, 6) is 1.58. The molecule has 0 radical (unpaired) electrons. The standard InChI is InChI=1S/C17H24N2OS/c18-17(21)12-19(14-5-1-2-6-14)11-13-9-10-20-16-8-4-3-7-15(13)16/h3-4,7-8,13-14H,1-2,5-6,9-12H2,(H2,18,21). The molecule has 0 spiro atoms. The Morgan fingerprint density at radius 1 is 1.24 bits per heavy atom.